The first kappa shape index (κ1) is 71.6. The number of H-pyrrole nitrogens is 3. The number of anilines is 6. The van der Waals surface area contributed by atoms with Crippen LogP contribution in [0.25, 0.3) is 33.1 Å². The molecule has 2 atom stereocenters. The first-order chi connectivity index (χ1) is 51.8. The predicted molar refractivity (Wildman–Crippen MR) is 392 cm³/mol. The Morgan fingerprint density at radius 2 is 1.01 bits per heavy atom. The number of hydrogen-bond acceptors (Lipinski definition) is 21. The summed E-state index contributed by atoms with van der Waals surface area (Å²) in [5.74, 6) is -0.965. The van der Waals surface area contributed by atoms with E-state index in [0.717, 1.165) is 27.8 Å². The number of aromatic nitrogens is 9. The Balaban J connectivity index is 0.000000143. The molecule has 6 aromatic heterocycles. The highest BCUT2D eigenvalue weighted by atomic mass is 16.6. The second kappa shape index (κ2) is 31.8. The molecule has 10 heterocycles. The van der Waals surface area contributed by atoms with E-state index >= 15 is 0 Å². The van der Waals surface area contributed by atoms with Crippen molar-refractivity contribution in [3.05, 3.63) is 198 Å². The maximum Gasteiger partial charge on any atom is 0.412 e. The van der Waals surface area contributed by atoms with Crippen molar-refractivity contribution in [1.82, 2.24) is 60.8 Å². The fraction of sp³-hybridized carbons (Fsp3) is 0.240. The van der Waals surface area contributed by atoms with Crippen molar-refractivity contribution in [2.24, 2.45) is 0 Å². The molecule has 0 radical (unpaired) electrons. The van der Waals surface area contributed by atoms with Crippen LogP contribution in [0.4, 0.5) is 38.9 Å². The third-order valence-corrected chi connectivity index (χ3v) is 17.3. The highest BCUT2D eigenvalue weighted by Crippen LogP contribution is 2.37. The third-order valence-electron chi connectivity index (χ3n) is 17.3. The van der Waals surface area contributed by atoms with E-state index in [4.69, 9.17) is 23.7 Å². The van der Waals surface area contributed by atoms with Crippen LogP contribution in [0, 0.1) is 0 Å². The van der Waals surface area contributed by atoms with Crippen LogP contribution in [0.15, 0.2) is 153 Å². The molecule has 0 saturated carbocycles. The number of amides is 8. The first-order valence-corrected chi connectivity index (χ1v) is 34.1. The number of carbonyl (C=O) groups excluding carboxylic acids is 9. The molecule has 32 nitrogen and oxygen atoms in total. The molecular weight excluding hydrogens is 1380 g/mol. The number of nitrogens with one attached hydrogen (secondary N) is 11. The van der Waals surface area contributed by atoms with Crippen molar-refractivity contribution in [2.75, 3.05) is 71.0 Å². The molecule has 0 aliphatic carbocycles. The molecule has 32 heteroatoms. The van der Waals surface area contributed by atoms with Crippen LogP contribution in [0.2, 0.25) is 0 Å². The quantitative estimate of drug-likeness (QED) is 0.0337. The number of carbonyl (C=O) groups is 9. The Morgan fingerprint density at radius 3 is 1.50 bits per heavy atom. The van der Waals surface area contributed by atoms with E-state index in [9.17, 15) is 43.2 Å². The van der Waals surface area contributed by atoms with Crippen molar-refractivity contribution in [2.45, 2.75) is 77.6 Å². The lowest BCUT2D eigenvalue weighted by molar-refractivity contribution is -0.145. The molecule has 5 aromatic carbocycles. The van der Waals surface area contributed by atoms with Gasteiger partial charge in [0.2, 0.25) is 5.91 Å². The number of benzene rings is 5. The summed E-state index contributed by atoms with van der Waals surface area (Å²) >= 11 is 0. The molecule has 8 amide bonds. The van der Waals surface area contributed by atoms with Gasteiger partial charge in [-0.05, 0) is 105 Å². The number of esters is 1. The highest BCUT2D eigenvalue weighted by Gasteiger charge is 2.36. The van der Waals surface area contributed by atoms with E-state index < -0.39 is 23.5 Å². The van der Waals surface area contributed by atoms with E-state index in [1.54, 1.807) is 87.5 Å². The third kappa shape index (κ3) is 16.8. The summed E-state index contributed by atoms with van der Waals surface area (Å²) in [5.41, 5.74) is 10.3. The fourth-order valence-electron chi connectivity index (χ4n) is 12.3. The number of hydrogen-bond donors (Lipinski definition) is 11. The predicted octanol–water partition coefficient (Wildman–Crippen LogP) is 8.67. The van der Waals surface area contributed by atoms with Gasteiger partial charge in [-0.25, -0.2) is 34.7 Å². The Hall–Kier alpha value is -13.8. The second-order valence-electron chi connectivity index (χ2n) is 25.8. The minimum Gasteiger partial charge on any atom is -0.482 e. The zero-order valence-corrected chi connectivity index (χ0v) is 58.2. The molecule has 15 rings (SSSR count). The first-order valence-electron chi connectivity index (χ1n) is 34.1. The summed E-state index contributed by atoms with van der Waals surface area (Å²) in [6, 6.07) is 35.2. The molecule has 11 N–H and O–H groups in total. The lowest BCUT2D eigenvalue weighted by Crippen LogP contribution is -2.27. The molecule has 1 fully saturated rings. The van der Waals surface area contributed by atoms with Gasteiger partial charge in [0.05, 0.1) is 69.1 Å². The molecule has 4 aliphatic heterocycles. The minimum absolute atomic E-state index is 0.00944. The minimum atomic E-state index is -0.651. The summed E-state index contributed by atoms with van der Waals surface area (Å²) in [6.45, 7) is 9.05. The normalized spacial score (nSPS) is 14.4. The van der Waals surface area contributed by atoms with Crippen LogP contribution in [0.5, 0.6) is 17.2 Å². The average Bonchev–Trinajstić information content (AvgIpc) is 1.63. The molecule has 11 aromatic rings. The number of nitrogens with zero attached hydrogens (tertiary/aromatic N) is 7. The smallest absolute Gasteiger partial charge is 0.412 e. The molecule has 546 valence electrons. The summed E-state index contributed by atoms with van der Waals surface area (Å²) in [6.07, 6.45) is 9.45. The number of fused-ring (bicyclic) bond motifs is 6. The van der Waals surface area contributed by atoms with Crippen molar-refractivity contribution in [3.63, 3.8) is 0 Å². The van der Waals surface area contributed by atoms with Gasteiger partial charge >= 0.3 is 12.1 Å². The maximum absolute atomic E-state index is 13.2. The Morgan fingerprint density at radius 1 is 0.561 bits per heavy atom. The van der Waals surface area contributed by atoms with Gasteiger partial charge in [0.1, 0.15) is 58.4 Å². The molecule has 107 heavy (non-hydrogen) atoms. The van der Waals surface area contributed by atoms with Gasteiger partial charge in [0.25, 0.3) is 35.4 Å². The average molecular weight is 1450 g/mol. The number of rotatable bonds is 19. The van der Waals surface area contributed by atoms with Gasteiger partial charge in [-0.2, -0.15) is 0 Å². The van der Waals surface area contributed by atoms with Crippen LogP contribution >= 0.6 is 0 Å². The van der Waals surface area contributed by atoms with Crippen LogP contribution in [-0.2, 0) is 53.1 Å². The van der Waals surface area contributed by atoms with Crippen molar-refractivity contribution >= 4 is 121 Å². The standard InChI is InChI=1S/C28H28N6O5.C26H22N6O4.C21H22N6O5/c1-2-38-28(37)19(18-6-4-3-5-7-18)10-11-29-21-14-30-25-24(21)32-16-33-26(25)27(36)31-13-17-8-9-22-20(12-17)34-23(35)15-39-22;33-21-13-36-20-7-6-15(10-18(20)31-21)11-28-25(34)24-23-22(29-14-30-24)19(12-27-23)32-9-8-17(26(32)35)16-4-2-1-3-5-16;1-21(2,3)32-20(30)27-13-8-22-17-16(13)24-10-25-18(17)19(29)23-7-11-4-5-14-12(6-11)26-15(28)9-31-14/h3-9,12,14,16,19,29-30H,2,10-11,13,15H2,1H3,(H,31,36)(H,34,35);1-7,10,12,14,17,27H,8-9,11,13H2,(H,28,34)(H,31,33);4-6,8,10,22H,7,9H2,1-3H3,(H,23,29)(H,26,28)(H,27,30). The second-order valence-corrected chi connectivity index (χ2v) is 25.8. The zero-order valence-electron chi connectivity index (χ0n) is 58.2. The van der Waals surface area contributed by atoms with E-state index in [1.165, 1.54) is 25.2 Å². The lowest BCUT2D eigenvalue weighted by Gasteiger charge is -2.19. The maximum atomic E-state index is 13.2. The van der Waals surface area contributed by atoms with Crippen molar-refractivity contribution < 1.29 is 66.8 Å². The monoisotopic (exact) mass is 1450 g/mol. The van der Waals surface area contributed by atoms with Gasteiger partial charge < -0.3 is 80.8 Å². The molecule has 2 unspecified atom stereocenters. The summed E-state index contributed by atoms with van der Waals surface area (Å²) in [4.78, 5) is 147. The summed E-state index contributed by atoms with van der Waals surface area (Å²) in [5, 5.41) is 22.7. The Kier molecular flexibility index (Phi) is 21.3. The van der Waals surface area contributed by atoms with Gasteiger partial charge in [-0.15, -0.1) is 0 Å². The SMILES string of the molecule is CC(C)(C)OC(=O)Nc1c[nH]c2c(C(=O)NCc3ccc4c(c3)NC(=O)CO4)ncnc12.CCOC(=O)C(CCNc1c[nH]c2c(C(=O)NCc3ccc4c(c3)NC(=O)CO4)ncnc12)c1ccccc1.O=C1COc2ccc(CNC(=O)c3ncnc4c(N5CCC(c6ccccc6)C5=O)c[nH]c34)cc2N1. The largest absolute Gasteiger partial charge is 0.482 e. The van der Waals surface area contributed by atoms with Crippen molar-refractivity contribution in [1.29, 1.82) is 0 Å². The van der Waals surface area contributed by atoms with Gasteiger partial charge in [0.15, 0.2) is 36.9 Å². The van der Waals surface area contributed by atoms with Gasteiger partial charge in [-0.1, -0.05) is 78.9 Å². The Bertz CT molecular complexity index is 5230. The fourth-order valence-corrected chi connectivity index (χ4v) is 12.3. The summed E-state index contributed by atoms with van der Waals surface area (Å²) in [7, 11) is 0. The van der Waals surface area contributed by atoms with Crippen LogP contribution < -0.4 is 61.6 Å². The topological polar surface area (TPSA) is 424 Å². The van der Waals surface area contributed by atoms with Crippen molar-refractivity contribution in [3.8, 4) is 17.2 Å². The molecule has 0 bridgehead atoms. The number of aromatic amines is 3. The zero-order chi connectivity index (χ0) is 74.7. The van der Waals surface area contributed by atoms with E-state index in [0.29, 0.717) is 117 Å². The van der Waals surface area contributed by atoms with E-state index in [-0.39, 0.29) is 104 Å². The summed E-state index contributed by atoms with van der Waals surface area (Å²) < 4.78 is 26.6. The van der Waals surface area contributed by atoms with Gasteiger partial charge in [0, 0.05) is 51.3 Å². The Labute approximate surface area is 609 Å². The lowest BCUT2D eigenvalue weighted by atomic mass is 9.96. The van der Waals surface area contributed by atoms with E-state index in [1.807, 2.05) is 72.8 Å². The van der Waals surface area contributed by atoms with Crippen LogP contribution in [0.1, 0.15) is 112 Å². The molecular formula is C75H72N18O14. The molecule has 1 saturated heterocycles. The molecule has 4 aliphatic rings. The highest BCUT2D eigenvalue weighted by molar-refractivity contribution is 6.11. The molecule has 0 spiro atoms. The van der Waals surface area contributed by atoms with Crippen LogP contribution in [-0.4, -0.2) is 143 Å². The number of ether oxygens (including phenoxy) is 5. The van der Waals surface area contributed by atoms with Crippen LogP contribution in [0.3, 0.4) is 0 Å². The van der Waals surface area contributed by atoms with E-state index in [2.05, 4.69) is 87.4 Å². The van der Waals surface area contributed by atoms with Gasteiger partial charge in [-0.3, -0.25) is 43.7 Å².